The van der Waals surface area contributed by atoms with Gasteiger partial charge < -0.3 is 14.2 Å². The predicted octanol–water partition coefficient (Wildman–Crippen LogP) is 3.15. The Morgan fingerprint density at radius 1 is 1.00 bits per heavy atom. The van der Waals surface area contributed by atoms with Crippen LogP contribution in [0, 0.1) is 0 Å². The zero-order chi connectivity index (χ0) is 24.5. The third kappa shape index (κ3) is 4.54. The van der Waals surface area contributed by atoms with Gasteiger partial charge in [0.05, 0.1) is 11.2 Å². The number of ether oxygens (including phenoxy) is 1. The Bertz CT molecular complexity index is 1420. The fourth-order valence-electron chi connectivity index (χ4n) is 5.58. The first-order valence-corrected chi connectivity index (χ1v) is 12.8. The number of nitrogens with zero attached hydrogens (tertiary/aromatic N) is 6. The third-order valence-electron chi connectivity index (χ3n) is 7.58. The molecule has 3 aromatic heterocycles. The molecule has 2 aliphatic heterocycles. The van der Waals surface area contributed by atoms with Crippen LogP contribution >= 0.6 is 0 Å². The summed E-state index contributed by atoms with van der Waals surface area (Å²) >= 11 is 0. The maximum atomic E-state index is 12.9. The van der Waals surface area contributed by atoms with Crippen molar-refractivity contribution in [2.75, 3.05) is 32.7 Å². The number of benzene rings is 1. The van der Waals surface area contributed by atoms with Crippen molar-refractivity contribution >= 4 is 10.9 Å². The van der Waals surface area contributed by atoms with Crippen LogP contribution in [0.5, 0.6) is 5.75 Å². The van der Waals surface area contributed by atoms with E-state index in [0.717, 1.165) is 37.4 Å². The van der Waals surface area contributed by atoms with Crippen LogP contribution in [0.1, 0.15) is 29.8 Å². The van der Waals surface area contributed by atoms with Crippen LogP contribution in [-0.2, 0) is 26.6 Å². The van der Waals surface area contributed by atoms with Gasteiger partial charge in [-0.25, -0.2) is 0 Å². The Labute approximate surface area is 210 Å². The van der Waals surface area contributed by atoms with Crippen molar-refractivity contribution in [3.63, 3.8) is 0 Å². The van der Waals surface area contributed by atoms with E-state index in [1.165, 1.54) is 60.7 Å². The topological polar surface area (TPSA) is 68.4 Å². The van der Waals surface area contributed by atoms with Crippen LogP contribution < -0.4 is 10.3 Å². The van der Waals surface area contributed by atoms with Gasteiger partial charge in [0.2, 0.25) is 0 Å². The van der Waals surface area contributed by atoms with Gasteiger partial charge in [-0.3, -0.25) is 14.3 Å². The number of hydrogen-bond acceptors (Lipinski definition) is 6. The summed E-state index contributed by atoms with van der Waals surface area (Å²) in [5.74, 6) is 0.520. The first-order chi connectivity index (χ1) is 17.7. The van der Waals surface area contributed by atoms with Crippen LogP contribution in [0.15, 0.2) is 59.7 Å². The molecule has 1 fully saturated rings. The number of hydrogen-bond donors (Lipinski definition) is 0. The summed E-state index contributed by atoms with van der Waals surface area (Å²) in [6.07, 6.45) is 7.15. The minimum atomic E-state index is -0.127. The monoisotopic (exact) mass is 484 g/mol. The summed E-state index contributed by atoms with van der Waals surface area (Å²) in [5, 5.41) is 9.16. The quantitative estimate of drug-likeness (QED) is 0.402. The summed E-state index contributed by atoms with van der Waals surface area (Å²) in [4.78, 5) is 18.1. The molecule has 0 spiro atoms. The zero-order valence-corrected chi connectivity index (χ0v) is 20.8. The molecule has 5 heterocycles. The molecule has 186 valence electrons. The van der Waals surface area contributed by atoms with E-state index in [1.54, 1.807) is 17.0 Å². The van der Waals surface area contributed by atoms with Crippen LogP contribution in [0.25, 0.3) is 16.6 Å². The fourth-order valence-corrected chi connectivity index (χ4v) is 5.58. The molecule has 0 aliphatic carbocycles. The van der Waals surface area contributed by atoms with Gasteiger partial charge >= 0.3 is 0 Å². The molecule has 0 amide bonds. The largest absolute Gasteiger partial charge is 0.487 e. The standard InChI is InChI=1S/C28H32N6O2/c1-31-26-9-13-33(16-15-32-11-2-3-12-32)19-25(26)24-7-6-22(17-27(24)31)34-14-8-23(18-28(34)35)36-20-21-5-4-10-29-30-21/h4-8,10,14,17-18H,2-3,9,11-13,15-16,19-20H2,1H3. The number of rotatable bonds is 7. The van der Waals surface area contributed by atoms with Crippen molar-refractivity contribution < 1.29 is 4.74 Å². The average molecular weight is 485 g/mol. The smallest absolute Gasteiger partial charge is 0.258 e. The van der Waals surface area contributed by atoms with Crippen LogP contribution in [-0.4, -0.2) is 61.9 Å². The number of likely N-dealkylation sites (tertiary alicyclic amines) is 1. The van der Waals surface area contributed by atoms with Gasteiger partial charge in [-0.2, -0.15) is 10.2 Å². The second kappa shape index (κ2) is 9.87. The summed E-state index contributed by atoms with van der Waals surface area (Å²) in [7, 11) is 2.15. The molecule has 8 heteroatoms. The fraction of sp³-hybridized carbons (Fsp3) is 0.393. The van der Waals surface area contributed by atoms with Gasteiger partial charge in [0, 0.05) is 69.2 Å². The molecular formula is C28H32N6O2. The van der Waals surface area contributed by atoms with Crippen LogP contribution in [0.4, 0.5) is 0 Å². The molecule has 2 aliphatic rings. The number of pyridine rings is 1. The molecule has 36 heavy (non-hydrogen) atoms. The average Bonchev–Trinajstić information content (AvgIpc) is 3.53. The van der Waals surface area contributed by atoms with Crippen LogP contribution in [0.2, 0.25) is 0 Å². The lowest BCUT2D eigenvalue weighted by Crippen LogP contribution is -2.37. The van der Waals surface area contributed by atoms with E-state index in [0.29, 0.717) is 5.75 Å². The van der Waals surface area contributed by atoms with Gasteiger partial charge in [-0.05, 0) is 61.8 Å². The molecular weight excluding hydrogens is 452 g/mol. The zero-order valence-electron chi connectivity index (χ0n) is 20.8. The summed E-state index contributed by atoms with van der Waals surface area (Å²) in [6, 6.07) is 13.4. The van der Waals surface area contributed by atoms with E-state index in [-0.39, 0.29) is 12.2 Å². The Morgan fingerprint density at radius 3 is 2.67 bits per heavy atom. The van der Waals surface area contributed by atoms with E-state index in [1.807, 2.05) is 24.3 Å². The number of fused-ring (bicyclic) bond motifs is 3. The molecule has 0 N–H and O–H groups in total. The lowest BCUT2D eigenvalue weighted by molar-refractivity contribution is 0.210. The number of aromatic nitrogens is 4. The lowest BCUT2D eigenvalue weighted by atomic mass is 10.0. The minimum Gasteiger partial charge on any atom is -0.487 e. The van der Waals surface area contributed by atoms with Gasteiger partial charge in [-0.15, -0.1) is 0 Å². The van der Waals surface area contributed by atoms with E-state index in [2.05, 4.69) is 43.7 Å². The predicted molar refractivity (Wildman–Crippen MR) is 140 cm³/mol. The second-order valence-electron chi connectivity index (χ2n) is 9.83. The molecule has 0 unspecified atom stereocenters. The van der Waals surface area contributed by atoms with Gasteiger partial charge in [-0.1, -0.05) is 6.07 Å². The van der Waals surface area contributed by atoms with Crippen LogP contribution in [0.3, 0.4) is 0 Å². The highest BCUT2D eigenvalue weighted by Crippen LogP contribution is 2.31. The molecule has 0 saturated carbocycles. The highest BCUT2D eigenvalue weighted by Gasteiger charge is 2.24. The first kappa shape index (κ1) is 22.9. The normalized spacial score (nSPS) is 16.5. The summed E-state index contributed by atoms with van der Waals surface area (Å²) in [5.41, 5.74) is 5.48. The van der Waals surface area contributed by atoms with E-state index < -0.39 is 0 Å². The third-order valence-corrected chi connectivity index (χ3v) is 7.58. The van der Waals surface area contributed by atoms with E-state index >= 15 is 0 Å². The molecule has 0 atom stereocenters. The summed E-state index contributed by atoms with van der Waals surface area (Å²) in [6.45, 7) is 7.19. The maximum absolute atomic E-state index is 12.9. The molecule has 0 bridgehead atoms. The van der Waals surface area contributed by atoms with Gasteiger partial charge in [0.1, 0.15) is 18.1 Å². The van der Waals surface area contributed by atoms with Crippen molar-refractivity contribution in [2.24, 2.45) is 7.05 Å². The first-order valence-electron chi connectivity index (χ1n) is 12.8. The minimum absolute atomic E-state index is 0.127. The molecule has 6 rings (SSSR count). The Kier molecular flexibility index (Phi) is 6.29. The molecule has 8 nitrogen and oxygen atoms in total. The Balaban J connectivity index is 1.20. The molecule has 1 aromatic carbocycles. The second-order valence-corrected chi connectivity index (χ2v) is 9.83. The van der Waals surface area contributed by atoms with Crippen molar-refractivity contribution in [3.05, 3.63) is 82.2 Å². The van der Waals surface area contributed by atoms with Crippen molar-refractivity contribution in [1.29, 1.82) is 0 Å². The SMILES string of the molecule is Cn1c2c(c3ccc(-n4ccc(OCc5cccnn5)cc4=O)cc31)CN(CCN1CCCC1)CC2. The Morgan fingerprint density at radius 2 is 1.86 bits per heavy atom. The van der Waals surface area contributed by atoms with E-state index in [9.17, 15) is 4.79 Å². The Hall–Kier alpha value is -3.49. The van der Waals surface area contributed by atoms with Gasteiger partial charge in [0.15, 0.2) is 0 Å². The molecule has 4 aromatic rings. The summed E-state index contributed by atoms with van der Waals surface area (Å²) < 4.78 is 9.73. The maximum Gasteiger partial charge on any atom is 0.258 e. The van der Waals surface area contributed by atoms with E-state index in [4.69, 9.17) is 4.74 Å². The van der Waals surface area contributed by atoms with Crippen molar-refractivity contribution in [3.8, 4) is 11.4 Å². The molecule has 0 radical (unpaired) electrons. The lowest BCUT2D eigenvalue weighted by Gasteiger charge is -2.29. The highest BCUT2D eigenvalue weighted by atomic mass is 16.5. The van der Waals surface area contributed by atoms with Crippen molar-refractivity contribution in [2.45, 2.75) is 32.4 Å². The molecule has 1 saturated heterocycles. The van der Waals surface area contributed by atoms with Crippen molar-refractivity contribution in [1.82, 2.24) is 29.1 Å². The number of aryl methyl sites for hydroxylation is 1. The highest BCUT2D eigenvalue weighted by molar-refractivity contribution is 5.87. The van der Waals surface area contributed by atoms with Gasteiger partial charge in [0.25, 0.3) is 5.56 Å².